The highest BCUT2D eigenvalue weighted by atomic mass is 19.4. The van der Waals surface area contributed by atoms with Crippen LogP contribution < -0.4 is 0 Å². The Hall–Kier alpha value is -2.31. The minimum Gasteiger partial charge on any atom is -0.479 e. The lowest BCUT2D eigenvalue weighted by Gasteiger charge is -2.30. The van der Waals surface area contributed by atoms with Gasteiger partial charge >= 0.3 is 18.1 Å². The molecule has 0 bridgehead atoms. The Morgan fingerprint density at radius 1 is 1.21 bits per heavy atom. The lowest BCUT2D eigenvalue weighted by Crippen LogP contribution is -2.43. The van der Waals surface area contributed by atoms with Gasteiger partial charge in [-0.05, 0) is 17.2 Å². The zero-order valence-electron chi connectivity index (χ0n) is 9.39. The van der Waals surface area contributed by atoms with Gasteiger partial charge in [-0.3, -0.25) is 9.69 Å². The Kier molecular flexibility index (Phi) is 3.05. The van der Waals surface area contributed by atoms with Gasteiger partial charge in [-0.15, -0.1) is 0 Å². The van der Waals surface area contributed by atoms with Gasteiger partial charge in [0.25, 0.3) is 0 Å². The van der Waals surface area contributed by atoms with Crippen LogP contribution in [0.4, 0.5) is 13.2 Å². The smallest absolute Gasteiger partial charge is 0.471 e. The molecule has 0 fully saturated rings. The number of rotatable bonds is 1. The van der Waals surface area contributed by atoms with Gasteiger partial charge in [-0.1, -0.05) is 24.3 Å². The second-order valence-electron chi connectivity index (χ2n) is 3.90. The summed E-state index contributed by atoms with van der Waals surface area (Å²) in [6, 6.07) is 4.41. The number of carboxylic acid groups (broad SMARTS) is 1. The summed E-state index contributed by atoms with van der Waals surface area (Å²) < 4.78 is 37.3. The molecule has 1 amide bonds. The topological polar surface area (TPSA) is 57.6 Å². The van der Waals surface area contributed by atoms with E-state index in [-0.39, 0.29) is 10.5 Å². The van der Waals surface area contributed by atoms with Crippen molar-refractivity contribution in [2.24, 2.45) is 0 Å². The zero-order chi connectivity index (χ0) is 14.2. The van der Waals surface area contributed by atoms with E-state index >= 15 is 0 Å². The quantitative estimate of drug-likeness (QED) is 0.851. The lowest BCUT2D eigenvalue weighted by atomic mass is 9.96. The number of hydrogen-bond donors (Lipinski definition) is 1. The standard InChI is InChI=1S/C12H8F3NO3/c13-12(14,15)11(19)16-6-5-7-3-1-2-4-8(7)9(16)10(17)18/h1-6,9H,(H,17,18). The number of carbonyl (C=O) groups is 2. The molecule has 1 aliphatic heterocycles. The van der Waals surface area contributed by atoms with E-state index in [0.717, 1.165) is 6.20 Å². The zero-order valence-corrected chi connectivity index (χ0v) is 9.39. The normalized spacial score (nSPS) is 18.1. The third-order valence-electron chi connectivity index (χ3n) is 2.69. The van der Waals surface area contributed by atoms with Crippen LogP contribution in [0.3, 0.4) is 0 Å². The van der Waals surface area contributed by atoms with Crippen LogP contribution in [0.15, 0.2) is 30.5 Å². The summed E-state index contributed by atoms with van der Waals surface area (Å²) in [6.07, 6.45) is -3.00. The average molecular weight is 271 g/mol. The maximum absolute atomic E-state index is 12.4. The number of nitrogens with zero attached hydrogens (tertiary/aromatic N) is 1. The number of aliphatic carboxylic acids is 1. The van der Waals surface area contributed by atoms with Gasteiger partial charge < -0.3 is 5.11 Å². The molecule has 7 heteroatoms. The number of fused-ring (bicyclic) bond motifs is 1. The Morgan fingerprint density at radius 2 is 1.84 bits per heavy atom. The fourth-order valence-electron chi connectivity index (χ4n) is 1.89. The van der Waals surface area contributed by atoms with E-state index in [1.54, 1.807) is 12.1 Å². The molecular weight excluding hydrogens is 263 g/mol. The molecule has 1 aromatic carbocycles. The minimum atomic E-state index is -5.12. The Labute approximate surface area is 105 Å². The molecule has 1 heterocycles. The van der Waals surface area contributed by atoms with E-state index in [9.17, 15) is 22.8 Å². The number of benzene rings is 1. The summed E-state index contributed by atoms with van der Waals surface area (Å²) in [6.45, 7) is 0. The van der Waals surface area contributed by atoms with Gasteiger partial charge in [-0.25, -0.2) is 4.79 Å². The van der Waals surface area contributed by atoms with E-state index in [1.165, 1.54) is 18.2 Å². The molecule has 0 radical (unpaired) electrons. The van der Waals surface area contributed by atoms with Crippen molar-refractivity contribution in [2.75, 3.05) is 0 Å². The van der Waals surface area contributed by atoms with Crippen molar-refractivity contribution in [2.45, 2.75) is 12.2 Å². The number of amides is 1. The highest BCUT2D eigenvalue weighted by Crippen LogP contribution is 2.33. The molecule has 1 aromatic rings. The SMILES string of the molecule is O=C(O)C1c2ccccc2C=CN1C(=O)C(F)(F)F. The van der Waals surface area contributed by atoms with Crippen molar-refractivity contribution in [3.05, 3.63) is 41.6 Å². The highest BCUT2D eigenvalue weighted by molar-refractivity contribution is 5.91. The van der Waals surface area contributed by atoms with Crippen LogP contribution in [0.1, 0.15) is 17.2 Å². The first kappa shape index (κ1) is 13.1. The van der Waals surface area contributed by atoms with Crippen molar-refractivity contribution >= 4 is 18.0 Å². The van der Waals surface area contributed by atoms with Crippen molar-refractivity contribution in [1.82, 2.24) is 4.90 Å². The molecule has 100 valence electrons. The minimum absolute atomic E-state index is 0.148. The van der Waals surface area contributed by atoms with E-state index in [1.807, 2.05) is 0 Å². The average Bonchev–Trinajstić information content (AvgIpc) is 2.35. The van der Waals surface area contributed by atoms with Crippen LogP contribution in [0.2, 0.25) is 0 Å². The van der Waals surface area contributed by atoms with Gasteiger partial charge in [0, 0.05) is 6.20 Å². The molecule has 1 atom stereocenters. The van der Waals surface area contributed by atoms with E-state index < -0.39 is 24.1 Å². The maximum Gasteiger partial charge on any atom is 0.471 e. The number of carbonyl (C=O) groups excluding carboxylic acids is 1. The molecule has 0 saturated carbocycles. The van der Waals surface area contributed by atoms with Gasteiger partial charge in [0.2, 0.25) is 0 Å². The van der Waals surface area contributed by atoms with Crippen molar-refractivity contribution in [3.8, 4) is 0 Å². The molecule has 4 nitrogen and oxygen atoms in total. The molecular formula is C12H8F3NO3. The largest absolute Gasteiger partial charge is 0.479 e. The van der Waals surface area contributed by atoms with Crippen molar-refractivity contribution in [3.63, 3.8) is 0 Å². The Morgan fingerprint density at radius 3 is 2.42 bits per heavy atom. The second-order valence-corrected chi connectivity index (χ2v) is 3.90. The van der Waals surface area contributed by atoms with E-state index in [0.29, 0.717) is 5.56 Å². The number of halogens is 3. The molecule has 1 N–H and O–H groups in total. The van der Waals surface area contributed by atoms with E-state index in [2.05, 4.69) is 0 Å². The monoisotopic (exact) mass is 271 g/mol. The molecule has 0 saturated heterocycles. The van der Waals surface area contributed by atoms with Gasteiger partial charge in [0.1, 0.15) is 0 Å². The van der Waals surface area contributed by atoms with Crippen LogP contribution in [-0.4, -0.2) is 28.1 Å². The van der Waals surface area contributed by atoms with Crippen LogP contribution in [0.5, 0.6) is 0 Å². The van der Waals surface area contributed by atoms with Crippen LogP contribution >= 0.6 is 0 Å². The summed E-state index contributed by atoms with van der Waals surface area (Å²) in [5.41, 5.74) is 0.622. The Bertz CT molecular complexity index is 566. The molecule has 1 unspecified atom stereocenters. The number of hydrogen-bond acceptors (Lipinski definition) is 2. The predicted molar refractivity (Wildman–Crippen MR) is 58.8 cm³/mol. The fraction of sp³-hybridized carbons (Fsp3) is 0.167. The third kappa shape index (κ3) is 2.31. The lowest BCUT2D eigenvalue weighted by molar-refractivity contribution is -0.186. The summed E-state index contributed by atoms with van der Waals surface area (Å²) in [7, 11) is 0. The first-order valence-electron chi connectivity index (χ1n) is 5.22. The Balaban J connectivity index is 2.49. The summed E-state index contributed by atoms with van der Waals surface area (Å²) >= 11 is 0. The number of alkyl halides is 3. The molecule has 2 rings (SSSR count). The van der Waals surface area contributed by atoms with Gasteiger partial charge in [0.05, 0.1) is 0 Å². The fourth-order valence-corrected chi connectivity index (χ4v) is 1.89. The summed E-state index contributed by atoms with van der Waals surface area (Å²) in [5, 5.41) is 9.07. The summed E-state index contributed by atoms with van der Waals surface area (Å²) in [5.74, 6) is -3.72. The van der Waals surface area contributed by atoms with Crippen LogP contribution in [-0.2, 0) is 9.59 Å². The maximum atomic E-state index is 12.4. The first-order valence-corrected chi connectivity index (χ1v) is 5.22. The summed E-state index contributed by atoms with van der Waals surface area (Å²) in [4.78, 5) is 22.6. The van der Waals surface area contributed by atoms with Crippen molar-refractivity contribution < 1.29 is 27.9 Å². The van der Waals surface area contributed by atoms with E-state index in [4.69, 9.17) is 5.11 Å². The molecule has 0 spiro atoms. The predicted octanol–water partition coefficient (Wildman–Crippen LogP) is 2.19. The number of carboxylic acids is 1. The molecule has 1 aliphatic rings. The van der Waals surface area contributed by atoms with Crippen LogP contribution in [0, 0.1) is 0 Å². The van der Waals surface area contributed by atoms with Crippen molar-refractivity contribution in [1.29, 1.82) is 0 Å². The molecule has 0 aliphatic carbocycles. The third-order valence-corrected chi connectivity index (χ3v) is 2.69. The highest BCUT2D eigenvalue weighted by Gasteiger charge is 2.47. The molecule has 19 heavy (non-hydrogen) atoms. The second kappa shape index (κ2) is 4.42. The van der Waals surface area contributed by atoms with Crippen LogP contribution in [0.25, 0.3) is 6.08 Å². The molecule has 0 aromatic heterocycles. The van der Waals surface area contributed by atoms with Gasteiger partial charge in [-0.2, -0.15) is 13.2 Å². The first-order chi connectivity index (χ1) is 8.82. The van der Waals surface area contributed by atoms with Gasteiger partial charge in [0.15, 0.2) is 6.04 Å².